The molecule has 6 nitrogen and oxygen atoms in total. The molecule has 94 valence electrons. The minimum atomic E-state index is -0.0707. The number of aromatic nitrogens is 3. The van der Waals surface area contributed by atoms with Crippen molar-refractivity contribution in [2.75, 3.05) is 0 Å². The first kappa shape index (κ1) is 11.2. The molecule has 0 spiro atoms. The van der Waals surface area contributed by atoms with Crippen LogP contribution in [0.5, 0.6) is 11.5 Å². The van der Waals surface area contributed by atoms with Crippen LogP contribution in [-0.4, -0.2) is 25.3 Å². The number of benzene rings is 1. The van der Waals surface area contributed by atoms with Crippen LogP contribution in [0.3, 0.4) is 0 Å². The maximum atomic E-state index is 9.42. The number of pyridine rings is 1. The Morgan fingerprint density at radius 1 is 0.895 bits per heavy atom. The number of aromatic hydroxyl groups is 2. The topological polar surface area (TPSA) is 92.3 Å². The summed E-state index contributed by atoms with van der Waals surface area (Å²) in [6.07, 6.45) is 3.26. The molecule has 0 unspecified atom stereocenters. The predicted octanol–water partition coefficient (Wildman–Crippen LogP) is 2.21. The van der Waals surface area contributed by atoms with Gasteiger partial charge in [0.1, 0.15) is 11.5 Å². The van der Waals surface area contributed by atoms with Crippen molar-refractivity contribution in [2.45, 2.75) is 0 Å². The second-order valence-electron chi connectivity index (χ2n) is 3.90. The largest absolute Gasteiger partial charge is 0.508 e. The van der Waals surface area contributed by atoms with Gasteiger partial charge in [0.25, 0.3) is 5.89 Å². The summed E-state index contributed by atoms with van der Waals surface area (Å²) in [4.78, 5) is 8.11. The van der Waals surface area contributed by atoms with Gasteiger partial charge in [-0.05, 0) is 24.3 Å². The molecule has 2 N–H and O–H groups in total. The highest BCUT2D eigenvalue weighted by Crippen LogP contribution is 2.28. The van der Waals surface area contributed by atoms with E-state index in [1.54, 1.807) is 24.5 Å². The molecule has 6 heteroatoms. The molecule has 3 aromatic rings. The fraction of sp³-hybridized carbons (Fsp3) is 0. The van der Waals surface area contributed by atoms with E-state index in [-0.39, 0.29) is 17.4 Å². The van der Waals surface area contributed by atoms with Crippen LogP contribution in [0.25, 0.3) is 22.8 Å². The summed E-state index contributed by atoms with van der Waals surface area (Å²) in [5.74, 6) is 0.496. The number of phenols is 2. The van der Waals surface area contributed by atoms with E-state index in [9.17, 15) is 10.2 Å². The fourth-order valence-electron chi connectivity index (χ4n) is 1.68. The molecule has 0 atom stereocenters. The van der Waals surface area contributed by atoms with Gasteiger partial charge in [-0.1, -0.05) is 5.16 Å². The van der Waals surface area contributed by atoms with Gasteiger partial charge in [-0.2, -0.15) is 4.98 Å². The van der Waals surface area contributed by atoms with Gasteiger partial charge < -0.3 is 14.7 Å². The Morgan fingerprint density at radius 3 is 2.26 bits per heavy atom. The van der Waals surface area contributed by atoms with Crippen LogP contribution in [0.1, 0.15) is 0 Å². The average molecular weight is 255 g/mol. The summed E-state index contributed by atoms with van der Waals surface area (Å²) in [5, 5.41) is 22.7. The molecule has 3 rings (SSSR count). The molecule has 0 saturated carbocycles. The quantitative estimate of drug-likeness (QED) is 0.729. The van der Waals surface area contributed by atoms with E-state index in [1.807, 2.05) is 0 Å². The van der Waals surface area contributed by atoms with Gasteiger partial charge >= 0.3 is 0 Å². The third-order valence-electron chi connectivity index (χ3n) is 2.51. The van der Waals surface area contributed by atoms with Gasteiger partial charge in [-0.3, -0.25) is 4.98 Å². The highest BCUT2D eigenvalue weighted by molar-refractivity contribution is 5.62. The van der Waals surface area contributed by atoms with Gasteiger partial charge in [-0.25, -0.2) is 0 Å². The summed E-state index contributed by atoms with van der Waals surface area (Å²) in [6.45, 7) is 0. The van der Waals surface area contributed by atoms with Gasteiger partial charge in [-0.15, -0.1) is 0 Å². The molecule has 2 heterocycles. The van der Waals surface area contributed by atoms with Crippen molar-refractivity contribution < 1.29 is 14.7 Å². The zero-order valence-corrected chi connectivity index (χ0v) is 9.69. The molecule has 0 aliphatic carbocycles. The van der Waals surface area contributed by atoms with Crippen LogP contribution in [0.4, 0.5) is 0 Å². The summed E-state index contributed by atoms with van der Waals surface area (Å²) in [7, 11) is 0. The summed E-state index contributed by atoms with van der Waals surface area (Å²) in [5.41, 5.74) is 1.22. The molecule has 0 saturated heterocycles. The minimum absolute atomic E-state index is 0.0707. The fourth-order valence-corrected chi connectivity index (χ4v) is 1.68. The molecule has 0 radical (unpaired) electrons. The van der Waals surface area contributed by atoms with Crippen molar-refractivity contribution in [3.05, 3.63) is 42.7 Å². The molecule has 0 aliphatic heterocycles. The SMILES string of the molecule is Oc1cc(O)cc(-c2nc(-c3ccncc3)no2)c1. The molecular formula is C13H9N3O3. The Bertz CT molecular complexity index is 690. The number of nitrogens with zero attached hydrogens (tertiary/aromatic N) is 3. The van der Waals surface area contributed by atoms with E-state index in [0.29, 0.717) is 11.4 Å². The first-order chi connectivity index (χ1) is 9.22. The standard InChI is InChI=1S/C13H9N3O3/c17-10-5-9(6-11(18)7-10)13-15-12(16-19-13)8-1-3-14-4-2-8/h1-7,17-18H. The highest BCUT2D eigenvalue weighted by atomic mass is 16.5. The second-order valence-corrected chi connectivity index (χ2v) is 3.90. The maximum Gasteiger partial charge on any atom is 0.258 e. The van der Waals surface area contributed by atoms with Gasteiger partial charge in [0, 0.05) is 29.6 Å². The monoisotopic (exact) mass is 255 g/mol. The third kappa shape index (κ3) is 2.23. The molecule has 2 aromatic heterocycles. The Balaban J connectivity index is 2.02. The Labute approximate surface area is 108 Å². The lowest BCUT2D eigenvalue weighted by molar-refractivity contribution is 0.428. The number of hydrogen-bond donors (Lipinski definition) is 2. The van der Waals surface area contributed by atoms with Crippen molar-refractivity contribution in [1.82, 2.24) is 15.1 Å². The Hall–Kier alpha value is -2.89. The zero-order chi connectivity index (χ0) is 13.2. The lowest BCUT2D eigenvalue weighted by Gasteiger charge is -1.97. The van der Waals surface area contributed by atoms with Crippen LogP contribution in [0.2, 0.25) is 0 Å². The normalized spacial score (nSPS) is 10.5. The summed E-state index contributed by atoms with van der Waals surface area (Å²) < 4.78 is 5.11. The Morgan fingerprint density at radius 2 is 1.58 bits per heavy atom. The van der Waals surface area contributed by atoms with Crippen LogP contribution >= 0.6 is 0 Å². The van der Waals surface area contributed by atoms with E-state index < -0.39 is 0 Å². The summed E-state index contributed by atoms with van der Waals surface area (Å²) >= 11 is 0. The van der Waals surface area contributed by atoms with E-state index in [4.69, 9.17) is 4.52 Å². The first-order valence-corrected chi connectivity index (χ1v) is 5.50. The number of phenolic OH excluding ortho intramolecular Hbond substituents is 2. The van der Waals surface area contributed by atoms with Gasteiger partial charge in [0.05, 0.1) is 0 Å². The predicted molar refractivity (Wildman–Crippen MR) is 66.3 cm³/mol. The van der Waals surface area contributed by atoms with Crippen LogP contribution in [0.15, 0.2) is 47.2 Å². The number of rotatable bonds is 2. The average Bonchev–Trinajstić information content (AvgIpc) is 2.88. The van der Waals surface area contributed by atoms with E-state index >= 15 is 0 Å². The molecule has 0 amide bonds. The van der Waals surface area contributed by atoms with Crippen LogP contribution in [-0.2, 0) is 0 Å². The van der Waals surface area contributed by atoms with Gasteiger partial charge in [0.15, 0.2) is 0 Å². The van der Waals surface area contributed by atoms with Crippen molar-refractivity contribution in [1.29, 1.82) is 0 Å². The van der Waals surface area contributed by atoms with E-state index in [1.165, 1.54) is 18.2 Å². The molecule has 0 fully saturated rings. The smallest absolute Gasteiger partial charge is 0.258 e. The van der Waals surface area contributed by atoms with Crippen LogP contribution < -0.4 is 0 Å². The summed E-state index contributed by atoms with van der Waals surface area (Å²) in [6, 6.07) is 7.61. The van der Waals surface area contributed by atoms with E-state index in [2.05, 4.69) is 15.1 Å². The maximum absolute atomic E-state index is 9.42. The lowest BCUT2D eigenvalue weighted by atomic mass is 10.2. The van der Waals surface area contributed by atoms with Crippen molar-refractivity contribution >= 4 is 0 Å². The number of hydrogen-bond acceptors (Lipinski definition) is 6. The Kier molecular flexibility index (Phi) is 2.60. The van der Waals surface area contributed by atoms with Crippen molar-refractivity contribution in [3.63, 3.8) is 0 Å². The third-order valence-corrected chi connectivity index (χ3v) is 2.51. The molecule has 19 heavy (non-hydrogen) atoms. The molecule has 1 aromatic carbocycles. The molecule has 0 aliphatic rings. The second kappa shape index (κ2) is 4.41. The molecule has 0 bridgehead atoms. The highest BCUT2D eigenvalue weighted by Gasteiger charge is 2.12. The van der Waals surface area contributed by atoms with E-state index in [0.717, 1.165) is 5.56 Å². The van der Waals surface area contributed by atoms with Crippen molar-refractivity contribution in [2.24, 2.45) is 0 Å². The lowest BCUT2D eigenvalue weighted by Crippen LogP contribution is -1.81. The van der Waals surface area contributed by atoms with Crippen molar-refractivity contribution in [3.8, 4) is 34.3 Å². The van der Waals surface area contributed by atoms with Crippen LogP contribution in [0, 0.1) is 0 Å². The first-order valence-electron chi connectivity index (χ1n) is 5.50. The van der Waals surface area contributed by atoms with Gasteiger partial charge in [0.2, 0.25) is 5.82 Å². The zero-order valence-electron chi connectivity index (χ0n) is 9.69. The molecular weight excluding hydrogens is 246 g/mol. The minimum Gasteiger partial charge on any atom is -0.508 e.